The lowest BCUT2D eigenvalue weighted by atomic mass is 10.0. The first-order valence-electron chi connectivity index (χ1n) is 23.6. The predicted octanol–water partition coefficient (Wildman–Crippen LogP) is 14.9. The number of unbranched alkanes of at least 4 members (excludes halogenated alkanes) is 28. The monoisotopic (exact) mass is 772 g/mol. The quantitative estimate of drug-likeness (QED) is 0.0366. The average Bonchev–Trinajstić information content (AvgIpc) is 3.17. The van der Waals surface area contributed by atoms with Gasteiger partial charge in [0.15, 0.2) is 0 Å². The van der Waals surface area contributed by atoms with E-state index < -0.39 is 5.97 Å². The lowest BCUT2D eigenvalue weighted by molar-refractivity contribution is -0.147. The van der Waals surface area contributed by atoms with Crippen molar-refractivity contribution in [3.05, 3.63) is 36.5 Å². The minimum Gasteiger partial charge on any atom is -0.480 e. The summed E-state index contributed by atoms with van der Waals surface area (Å²) < 4.78 is 5.93. The van der Waals surface area contributed by atoms with Crippen molar-refractivity contribution >= 4 is 17.8 Å². The van der Waals surface area contributed by atoms with Gasteiger partial charge in [-0.1, -0.05) is 211 Å². The van der Waals surface area contributed by atoms with E-state index in [1.807, 2.05) is 0 Å². The molecule has 1 unspecified atom stereocenters. The fourth-order valence-electron chi connectivity index (χ4n) is 7.03. The molecule has 6 nitrogen and oxygen atoms in total. The Kier molecular flexibility index (Phi) is 42.4. The van der Waals surface area contributed by atoms with Gasteiger partial charge < -0.3 is 15.2 Å². The maximum absolute atomic E-state index is 12.7. The van der Waals surface area contributed by atoms with Crippen LogP contribution in [0.25, 0.3) is 0 Å². The Hall–Kier alpha value is -2.37. The summed E-state index contributed by atoms with van der Waals surface area (Å²) in [7, 11) is 0. The van der Waals surface area contributed by atoms with Crippen molar-refractivity contribution < 1.29 is 24.2 Å². The highest BCUT2D eigenvalue weighted by Crippen LogP contribution is 2.17. The highest BCUT2D eigenvalue weighted by molar-refractivity contribution is 5.80. The van der Waals surface area contributed by atoms with Crippen LogP contribution >= 0.6 is 0 Å². The molecule has 0 saturated heterocycles. The van der Waals surface area contributed by atoms with Gasteiger partial charge in [-0.3, -0.25) is 14.4 Å². The largest absolute Gasteiger partial charge is 0.480 e. The number of amides is 1. The van der Waals surface area contributed by atoms with Crippen LogP contribution in [0.1, 0.15) is 245 Å². The first-order valence-corrected chi connectivity index (χ1v) is 23.6. The van der Waals surface area contributed by atoms with Crippen molar-refractivity contribution in [3.63, 3.8) is 0 Å². The van der Waals surface area contributed by atoms with E-state index in [4.69, 9.17) is 9.84 Å². The third-order valence-corrected chi connectivity index (χ3v) is 10.5. The summed E-state index contributed by atoms with van der Waals surface area (Å²) in [5.41, 5.74) is 0. The summed E-state index contributed by atoms with van der Waals surface area (Å²) in [6, 6.07) is 0. The molecule has 1 amide bonds. The number of carbonyl (C=O) groups is 3. The van der Waals surface area contributed by atoms with E-state index in [0.717, 1.165) is 70.6 Å². The Morgan fingerprint density at radius 1 is 0.491 bits per heavy atom. The van der Waals surface area contributed by atoms with E-state index in [2.05, 4.69) is 55.6 Å². The van der Waals surface area contributed by atoms with Crippen LogP contribution in [-0.4, -0.2) is 35.6 Å². The number of hydrogen-bond donors (Lipinski definition) is 2. The second-order valence-electron chi connectivity index (χ2n) is 16.0. The molecule has 1 atom stereocenters. The van der Waals surface area contributed by atoms with Crippen molar-refractivity contribution in [1.82, 2.24) is 5.32 Å². The SMILES string of the molecule is CCCCC/C=C\C/C=C\C/C=C\C(CCCCCCCC(=O)NCC(=O)O)OC(=O)CCCCCCCCCCCCCCCCCCCCCCCC. The number of aliphatic carboxylic acids is 1. The number of carbonyl (C=O) groups excluding carboxylic acids is 2. The summed E-state index contributed by atoms with van der Waals surface area (Å²) in [6.07, 6.45) is 55.9. The van der Waals surface area contributed by atoms with Crippen molar-refractivity contribution in [2.45, 2.75) is 251 Å². The summed E-state index contributed by atoms with van der Waals surface area (Å²) in [6.45, 7) is 4.20. The molecule has 0 spiro atoms. The maximum Gasteiger partial charge on any atom is 0.322 e. The zero-order valence-electron chi connectivity index (χ0n) is 36.3. The van der Waals surface area contributed by atoms with Crippen molar-refractivity contribution in [2.24, 2.45) is 0 Å². The molecule has 0 radical (unpaired) electrons. The molecule has 0 fully saturated rings. The van der Waals surface area contributed by atoms with Gasteiger partial charge in [-0.2, -0.15) is 0 Å². The lowest BCUT2D eigenvalue weighted by Gasteiger charge is -2.14. The third kappa shape index (κ3) is 44.2. The van der Waals surface area contributed by atoms with Crippen molar-refractivity contribution in [1.29, 1.82) is 0 Å². The fourth-order valence-corrected chi connectivity index (χ4v) is 7.03. The molecule has 2 N–H and O–H groups in total. The van der Waals surface area contributed by atoms with E-state index in [9.17, 15) is 14.4 Å². The van der Waals surface area contributed by atoms with E-state index >= 15 is 0 Å². The predicted molar refractivity (Wildman–Crippen MR) is 236 cm³/mol. The Bertz CT molecular complexity index is 942. The van der Waals surface area contributed by atoms with Crippen LogP contribution in [0, 0.1) is 0 Å². The van der Waals surface area contributed by atoms with Gasteiger partial charge in [-0.05, 0) is 57.4 Å². The van der Waals surface area contributed by atoms with Gasteiger partial charge >= 0.3 is 11.9 Å². The Morgan fingerprint density at radius 3 is 1.38 bits per heavy atom. The Balaban J connectivity index is 4.07. The molecule has 0 rings (SSSR count). The minimum atomic E-state index is -1.02. The second kappa shape index (κ2) is 44.3. The molecule has 55 heavy (non-hydrogen) atoms. The second-order valence-corrected chi connectivity index (χ2v) is 16.0. The first-order chi connectivity index (χ1) is 27.0. The molecule has 6 heteroatoms. The normalized spacial score (nSPS) is 12.3. The van der Waals surface area contributed by atoms with E-state index in [1.165, 1.54) is 148 Å². The van der Waals surface area contributed by atoms with Crippen molar-refractivity contribution in [2.75, 3.05) is 6.54 Å². The van der Waals surface area contributed by atoms with Gasteiger partial charge in [0, 0.05) is 12.8 Å². The van der Waals surface area contributed by atoms with Crippen LogP contribution in [0.4, 0.5) is 0 Å². The molecule has 0 aromatic carbocycles. The number of allylic oxidation sites excluding steroid dienone is 5. The van der Waals surface area contributed by atoms with Gasteiger partial charge in [0.05, 0.1) is 0 Å². The number of rotatable bonds is 43. The fraction of sp³-hybridized carbons (Fsp3) is 0.816. The first kappa shape index (κ1) is 52.6. The number of carboxylic acid groups (broad SMARTS) is 1. The number of hydrogen-bond acceptors (Lipinski definition) is 4. The number of esters is 1. The summed E-state index contributed by atoms with van der Waals surface area (Å²) >= 11 is 0. The summed E-state index contributed by atoms with van der Waals surface area (Å²) in [4.78, 5) is 35.0. The molecule has 0 aromatic heterocycles. The molecule has 0 heterocycles. The highest BCUT2D eigenvalue weighted by atomic mass is 16.5. The van der Waals surface area contributed by atoms with E-state index in [-0.39, 0.29) is 24.5 Å². The highest BCUT2D eigenvalue weighted by Gasteiger charge is 2.12. The van der Waals surface area contributed by atoms with Crippen LogP contribution in [-0.2, 0) is 19.1 Å². The summed E-state index contributed by atoms with van der Waals surface area (Å²) in [5.74, 6) is -1.31. The molecule has 0 aliphatic heterocycles. The molecule has 0 aliphatic rings. The Labute approximate surface area is 340 Å². The molecule has 0 bridgehead atoms. The molecule has 320 valence electrons. The van der Waals surface area contributed by atoms with Crippen LogP contribution < -0.4 is 5.32 Å². The van der Waals surface area contributed by atoms with Gasteiger partial charge in [-0.15, -0.1) is 0 Å². The van der Waals surface area contributed by atoms with Crippen LogP contribution in [0.5, 0.6) is 0 Å². The number of nitrogens with one attached hydrogen (secondary N) is 1. The van der Waals surface area contributed by atoms with Gasteiger partial charge in [0.25, 0.3) is 0 Å². The zero-order valence-corrected chi connectivity index (χ0v) is 36.3. The number of carboxylic acids is 1. The molecule has 0 saturated carbocycles. The van der Waals surface area contributed by atoms with Gasteiger partial charge in [-0.25, -0.2) is 0 Å². The van der Waals surface area contributed by atoms with Crippen LogP contribution in [0.2, 0.25) is 0 Å². The Morgan fingerprint density at radius 2 is 0.891 bits per heavy atom. The van der Waals surface area contributed by atoms with Crippen LogP contribution in [0.3, 0.4) is 0 Å². The maximum atomic E-state index is 12.7. The molecule has 0 aliphatic carbocycles. The minimum absolute atomic E-state index is 0.0843. The van der Waals surface area contributed by atoms with E-state index in [0.29, 0.717) is 12.8 Å². The molecule has 0 aromatic rings. The molecular weight excluding hydrogens is 683 g/mol. The van der Waals surface area contributed by atoms with Crippen LogP contribution in [0.15, 0.2) is 36.5 Å². The number of ether oxygens (including phenoxy) is 1. The summed E-state index contributed by atoms with van der Waals surface area (Å²) in [5, 5.41) is 11.1. The van der Waals surface area contributed by atoms with E-state index in [1.54, 1.807) is 0 Å². The molecular formula is C49H89NO5. The zero-order chi connectivity index (χ0) is 40.1. The topological polar surface area (TPSA) is 92.7 Å². The average molecular weight is 772 g/mol. The van der Waals surface area contributed by atoms with Gasteiger partial charge in [0.2, 0.25) is 5.91 Å². The standard InChI is InChI=1S/C49H89NO5/c1-3-5-7-9-11-13-15-16-17-18-19-20-21-22-23-24-25-27-29-31-36-40-44-49(54)55-46(41-37-33-30-28-26-14-12-10-8-6-4-2)42-38-34-32-35-39-43-47(51)50-45-48(52)53/h12,14,28,30,37,41,46H,3-11,13,15-27,29,31-36,38-40,42-45H2,1-2H3,(H,50,51)(H,52,53)/b14-12-,30-28-,41-37-. The van der Waals surface area contributed by atoms with Crippen molar-refractivity contribution in [3.8, 4) is 0 Å². The third-order valence-electron chi connectivity index (χ3n) is 10.5. The smallest absolute Gasteiger partial charge is 0.322 e. The lowest BCUT2D eigenvalue weighted by Crippen LogP contribution is -2.28. The van der Waals surface area contributed by atoms with Gasteiger partial charge in [0.1, 0.15) is 12.6 Å².